The smallest absolute Gasteiger partial charge is 0.0705 e. The highest BCUT2D eigenvalue weighted by Crippen LogP contribution is 2.51. The Morgan fingerprint density at radius 2 is 2.04 bits per heavy atom. The van der Waals surface area contributed by atoms with Crippen molar-refractivity contribution in [2.24, 2.45) is 5.41 Å². The summed E-state index contributed by atoms with van der Waals surface area (Å²) in [7, 11) is 0. The van der Waals surface area contributed by atoms with E-state index in [0.29, 0.717) is 0 Å². The van der Waals surface area contributed by atoms with Crippen molar-refractivity contribution in [2.75, 3.05) is 19.7 Å². The second-order valence-corrected chi connectivity index (χ2v) is 7.68. The fourth-order valence-corrected chi connectivity index (χ4v) is 4.58. The molecule has 1 aromatic carbocycles. The topological polar surface area (TPSA) is 45.6 Å². The van der Waals surface area contributed by atoms with Crippen LogP contribution < -0.4 is 0 Å². The second kappa shape index (κ2) is 6.67. The summed E-state index contributed by atoms with van der Waals surface area (Å²) in [4.78, 5) is 7.08. The number of fused-ring (bicyclic) bond motifs is 1. The van der Waals surface area contributed by atoms with Crippen LogP contribution >= 0.6 is 0 Å². The molecule has 2 fully saturated rings. The molecule has 1 aliphatic carbocycles. The van der Waals surface area contributed by atoms with Gasteiger partial charge in [-0.15, -0.1) is 0 Å². The highest BCUT2D eigenvalue weighted by atomic mass is 16.5. The molecule has 1 saturated heterocycles. The number of aliphatic hydroxyl groups is 1. The lowest BCUT2D eigenvalue weighted by Crippen LogP contribution is -2.62. The second-order valence-electron chi connectivity index (χ2n) is 7.68. The summed E-state index contributed by atoms with van der Waals surface area (Å²) in [5.41, 5.74) is 3.48. The summed E-state index contributed by atoms with van der Waals surface area (Å²) >= 11 is 0. The van der Waals surface area contributed by atoms with Gasteiger partial charge in [0.15, 0.2) is 0 Å². The molecule has 4 rings (SSSR count). The highest BCUT2D eigenvalue weighted by molar-refractivity contribution is 5.79. The van der Waals surface area contributed by atoms with Crippen molar-refractivity contribution >= 4 is 10.9 Å². The van der Waals surface area contributed by atoms with Crippen LogP contribution in [0.15, 0.2) is 30.3 Å². The Morgan fingerprint density at radius 1 is 1.24 bits per heavy atom. The molecule has 0 amide bonds. The van der Waals surface area contributed by atoms with Gasteiger partial charge < -0.3 is 9.84 Å². The molecule has 2 aromatic rings. The third kappa shape index (κ3) is 3.07. The Kier molecular flexibility index (Phi) is 4.52. The van der Waals surface area contributed by atoms with E-state index < -0.39 is 0 Å². The van der Waals surface area contributed by atoms with Gasteiger partial charge in [-0.3, -0.25) is 9.88 Å². The Labute approximate surface area is 149 Å². The molecule has 2 heterocycles. The molecule has 1 aliphatic heterocycles. The number of pyridine rings is 1. The third-order valence-corrected chi connectivity index (χ3v) is 6.20. The summed E-state index contributed by atoms with van der Waals surface area (Å²) in [6.07, 6.45) is 2.96. The molecule has 0 bridgehead atoms. The Morgan fingerprint density at radius 3 is 2.76 bits per heavy atom. The fourth-order valence-electron chi connectivity index (χ4n) is 4.58. The summed E-state index contributed by atoms with van der Waals surface area (Å²) in [6.45, 7) is 7.85. The van der Waals surface area contributed by atoms with Gasteiger partial charge in [0.1, 0.15) is 0 Å². The van der Waals surface area contributed by atoms with Crippen LogP contribution in [-0.2, 0) is 11.3 Å². The fraction of sp³-hybridized carbons (Fsp3) is 0.571. The number of piperidine rings is 1. The maximum atomic E-state index is 10.3. The van der Waals surface area contributed by atoms with E-state index in [1.54, 1.807) is 0 Å². The van der Waals surface area contributed by atoms with Crippen molar-refractivity contribution in [3.05, 3.63) is 41.6 Å². The number of aryl methyl sites for hydroxylation is 1. The lowest BCUT2D eigenvalue weighted by Gasteiger charge is -2.56. The number of rotatable bonds is 4. The third-order valence-electron chi connectivity index (χ3n) is 6.20. The summed E-state index contributed by atoms with van der Waals surface area (Å²) in [5.74, 6) is 0. The first-order valence-electron chi connectivity index (χ1n) is 9.49. The van der Waals surface area contributed by atoms with E-state index in [1.165, 1.54) is 10.9 Å². The predicted molar refractivity (Wildman–Crippen MR) is 99.5 cm³/mol. The van der Waals surface area contributed by atoms with Gasteiger partial charge >= 0.3 is 0 Å². The minimum absolute atomic E-state index is 0.0113. The van der Waals surface area contributed by atoms with Gasteiger partial charge in [0.2, 0.25) is 0 Å². The molecule has 2 atom stereocenters. The summed E-state index contributed by atoms with van der Waals surface area (Å²) < 4.78 is 5.87. The van der Waals surface area contributed by atoms with Gasteiger partial charge in [-0.25, -0.2) is 0 Å². The van der Waals surface area contributed by atoms with E-state index in [4.69, 9.17) is 4.74 Å². The van der Waals surface area contributed by atoms with Crippen molar-refractivity contribution in [3.8, 4) is 0 Å². The number of benzene rings is 1. The minimum atomic E-state index is -0.179. The molecule has 1 N–H and O–H groups in total. The van der Waals surface area contributed by atoms with E-state index >= 15 is 0 Å². The summed E-state index contributed by atoms with van der Waals surface area (Å²) in [6, 6.07) is 10.8. The van der Waals surface area contributed by atoms with Gasteiger partial charge in [0.25, 0.3) is 0 Å². The van der Waals surface area contributed by atoms with Crippen LogP contribution in [-0.4, -0.2) is 46.9 Å². The zero-order valence-corrected chi connectivity index (χ0v) is 15.2. The first-order valence-corrected chi connectivity index (χ1v) is 9.49. The van der Waals surface area contributed by atoms with E-state index in [1.807, 2.05) is 13.8 Å². The number of aliphatic hydroxyl groups excluding tert-OH is 1. The average Bonchev–Trinajstić information content (AvgIpc) is 2.62. The van der Waals surface area contributed by atoms with Gasteiger partial charge in [-0.2, -0.15) is 0 Å². The Hall–Kier alpha value is -1.49. The Bertz CT molecular complexity index is 751. The van der Waals surface area contributed by atoms with Crippen molar-refractivity contribution in [1.29, 1.82) is 0 Å². The first-order chi connectivity index (χ1) is 12.1. The molecule has 1 saturated carbocycles. The number of aromatic nitrogens is 1. The van der Waals surface area contributed by atoms with Crippen molar-refractivity contribution in [3.63, 3.8) is 0 Å². The normalized spacial score (nSPS) is 26.0. The molecule has 4 nitrogen and oxygen atoms in total. The van der Waals surface area contributed by atoms with Gasteiger partial charge in [0.05, 0.1) is 17.7 Å². The van der Waals surface area contributed by atoms with E-state index in [-0.39, 0.29) is 17.6 Å². The lowest BCUT2D eigenvalue weighted by molar-refractivity contribution is -0.209. The minimum Gasteiger partial charge on any atom is -0.392 e. The maximum Gasteiger partial charge on any atom is 0.0705 e. The van der Waals surface area contributed by atoms with Crippen LogP contribution in [0.5, 0.6) is 0 Å². The number of hydrogen-bond donors (Lipinski definition) is 1. The molecule has 1 aromatic heterocycles. The van der Waals surface area contributed by atoms with Crippen LogP contribution in [0, 0.1) is 12.3 Å². The van der Waals surface area contributed by atoms with Gasteiger partial charge in [-0.1, -0.05) is 12.1 Å². The largest absolute Gasteiger partial charge is 0.392 e. The molecule has 1 spiro atoms. The Balaban J connectivity index is 1.41. The number of ether oxygens (including phenoxy) is 1. The zero-order chi connectivity index (χ0) is 17.4. The quantitative estimate of drug-likeness (QED) is 0.928. The highest BCUT2D eigenvalue weighted by Gasteiger charge is 2.55. The monoisotopic (exact) mass is 340 g/mol. The van der Waals surface area contributed by atoms with Crippen LogP contribution in [0.25, 0.3) is 10.9 Å². The number of likely N-dealkylation sites (tertiary alicyclic amines) is 1. The number of nitrogens with zero attached hydrogens (tertiary/aromatic N) is 2. The zero-order valence-electron chi connectivity index (χ0n) is 15.2. The predicted octanol–water partition coefficient (Wildman–Crippen LogP) is 3.30. The van der Waals surface area contributed by atoms with Crippen LogP contribution in [0.3, 0.4) is 0 Å². The van der Waals surface area contributed by atoms with Crippen LogP contribution in [0.4, 0.5) is 0 Å². The molecule has 4 heteroatoms. The number of hydrogen-bond acceptors (Lipinski definition) is 4. The first kappa shape index (κ1) is 17.0. The van der Waals surface area contributed by atoms with E-state index in [9.17, 15) is 5.11 Å². The molecule has 0 unspecified atom stereocenters. The standard InChI is InChI=1S/C21H28N2O2/c1-3-25-20-13-19(24)21(20)8-10-23(11-9-21)14-16-5-7-18-17(12-16)6-4-15(2)22-18/h4-7,12,19-20,24H,3,8-11,13-14H2,1-2H3/t19-,20-/m1/s1. The van der Waals surface area contributed by atoms with Gasteiger partial charge in [0, 0.05) is 36.1 Å². The van der Waals surface area contributed by atoms with E-state index in [0.717, 1.165) is 56.7 Å². The lowest BCUT2D eigenvalue weighted by atomic mass is 9.58. The molecule has 25 heavy (non-hydrogen) atoms. The van der Waals surface area contributed by atoms with Gasteiger partial charge in [-0.05, 0) is 63.5 Å². The van der Waals surface area contributed by atoms with E-state index in [2.05, 4.69) is 40.2 Å². The average molecular weight is 340 g/mol. The van der Waals surface area contributed by atoms with Crippen LogP contribution in [0.1, 0.15) is 37.4 Å². The molecule has 0 radical (unpaired) electrons. The maximum absolute atomic E-state index is 10.3. The van der Waals surface area contributed by atoms with Crippen molar-refractivity contribution in [2.45, 2.75) is 51.9 Å². The molecular formula is C21H28N2O2. The van der Waals surface area contributed by atoms with Crippen LogP contribution in [0.2, 0.25) is 0 Å². The summed E-state index contributed by atoms with van der Waals surface area (Å²) in [5, 5.41) is 11.5. The SMILES string of the molecule is CCO[C@@H]1C[C@@H](O)C12CCN(Cc1ccc3nc(C)ccc3c1)CC2. The van der Waals surface area contributed by atoms with Crippen molar-refractivity contribution < 1.29 is 9.84 Å². The molecule has 134 valence electrons. The molecule has 2 aliphatic rings. The van der Waals surface area contributed by atoms with Crippen molar-refractivity contribution in [1.82, 2.24) is 9.88 Å². The molecular weight excluding hydrogens is 312 g/mol.